The van der Waals surface area contributed by atoms with Crippen LogP contribution >= 0.6 is 0 Å². The zero-order valence-electron chi connectivity index (χ0n) is 15.5. The second-order valence-corrected chi connectivity index (χ2v) is 6.32. The van der Waals surface area contributed by atoms with Gasteiger partial charge in [0.2, 0.25) is 5.83 Å². The van der Waals surface area contributed by atoms with E-state index in [2.05, 4.69) is 4.74 Å². The second kappa shape index (κ2) is 8.38. The first-order chi connectivity index (χ1) is 15.2. The van der Waals surface area contributed by atoms with E-state index >= 15 is 0 Å². The van der Waals surface area contributed by atoms with Gasteiger partial charge in [-0.05, 0) is 0 Å². The van der Waals surface area contributed by atoms with Crippen molar-refractivity contribution in [3.63, 3.8) is 0 Å². The van der Waals surface area contributed by atoms with E-state index in [1.807, 2.05) is 0 Å². The number of halogens is 17. The smallest absolute Gasteiger partial charge is 0.460 e. The van der Waals surface area contributed by atoms with Gasteiger partial charge in [-0.2, -0.15) is 74.6 Å². The average Bonchev–Trinajstić information content (AvgIpc) is 2.64. The highest BCUT2D eigenvalue weighted by Gasteiger charge is 2.93. The average molecular weight is 556 g/mol. The summed E-state index contributed by atoms with van der Waals surface area (Å²) in [5.74, 6) is -58.3. The van der Waals surface area contributed by atoms with E-state index in [-0.39, 0.29) is 12.1 Å². The lowest BCUT2D eigenvalue weighted by atomic mass is 9.91. The fourth-order valence-electron chi connectivity index (χ4n) is 2.00. The molecule has 1 aromatic carbocycles. The zero-order valence-corrected chi connectivity index (χ0v) is 15.5. The number of allylic oxidation sites excluding steroid dienone is 1. The number of rotatable bonds is 8. The SMILES string of the molecule is Oc1cc(O)cc(OC(F)=C(F)C(F)(F)C(F)(F)C(F)(F)C(F)(F)C(F)(F)C(F)(F)C(F)(F)F)c1. The molecule has 0 aliphatic heterocycles. The molecule has 1 rings (SSSR count). The summed E-state index contributed by atoms with van der Waals surface area (Å²) in [6.45, 7) is 0. The lowest BCUT2D eigenvalue weighted by Gasteiger charge is -2.41. The fraction of sp³-hybridized carbons (Fsp3) is 0.467. The Morgan fingerprint density at radius 1 is 0.543 bits per heavy atom. The molecule has 20 heteroatoms. The van der Waals surface area contributed by atoms with Crippen LogP contribution < -0.4 is 4.74 Å². The third kappa shape index (κ3) is 4.45. The fourth-order valence-corrected chi connectivity index (χ4v) is 2.00. The number of aromatic hydroxyl groups is 2. The van der Waals surface area contributed by atoms with Crippen molar-refractivity contribution in [3.8, 4) is 17.2 Å². The molecular formula is C15H5F17O3. The Morgan fingerprint density at radius 2 is 0.886 bits per heavy atom. The van der Waals surface area contributed by atoms with Gasteiger partial charge in [0, 0.05) is 18.2 Å². The standard InChI is InChI=1S/C15H5F17O3/c16-7(8(17)35-6-2-4(33)1-5(34)3-6)9(18,19)10(20,21)11(22,23)12(24,25)13(26,27)14(28,29)15(30,31)32/h1-3,33-34H. The topological polar surface area (TPSA) is 49.7 Å². The molecule has 35 heavy (non-hydrogen) atoms. The largest absolute Gasteiger partial charge is 0.508 e. The van der Waals surface area contributed by atoms with Crippen molar-refractivity contribution in [3.05, 3.63) is 30.0 Å². The molecule has 0 atom stereocenters. The van der Waals surface area contributed by atoms with E-state index in [9.17, 15) is 74.6 Å². The molecule has 0 aromatic heterocycles. The van der Waals surface area contributed by atoms with Crippen molar-refractivity contribution in [1.29, 1.82) is 0 Å². The minimum atomic E-state index is -8.68. The molecule has 0 saturated carbocycles. The van der Waals surface area contributed by atoms with Gasteiger partial charge in [0.25, 0.3) is 0 Å². The molecule has 0 aliphatic rings. The van der Waals surface area contributed by atoms with Crippen LogP contribution in [0.2, 0.25) is 0 Å². The van der Waals surface area contributed by atoms with Crippen LogP contribution in [0.5, 0.6) is 17.2 Å². The van der Waals surface area contributed by atoms with E-state index in [0.29, 0.717) is 6.07 Å². The summed E-state index contributed by atoms with van der Waals surface area (Å²) >= 11 is 0. The number of ether oxygens (including phenoxy) is 1. The molecule has 0 saturated heterocycles. The molecule has 0 spiro atoms. The maximum atomic E-state index is 13.6. The Bertz CT molecular complexity index is 959. The minimum absolute atomic E-state index is 0.130. The van der Waals surface area contributed by atoms with Crippen molar-refractivity contribution in [2.24, 2.45) is 0 Å². The summed E-state index contributed by atoms with van der Waals surface area (Å²) in [5.41, 5.74) is 0. The van der Waals surface area contributed by atoms with E-state index in [0.717, 1.165) is 0 Å². The second-order valence-electron chi connectivity index (χ2n) is 6.32. The first-order valence-corrected chi connectivity index (χ1v) is 7.80. The molecular weight excluding hydrogens is 551 g/mol. The number of phenolic OH excluding ortho intramolecular Hbond substituents is 2. The summed E-state index contributed by atoms with van der Waals surface area (Å²) in [6, 6.07) is -3.02. The Hall–Kier alpha value is -2.83. The molecule has 1 aromatic rings. The van der Waals surface area contributed by atoms with Crippen molar-refractivity contribution in [2.75, 3.05) is 0 Å². The number of hydrogen-bond acceptors (Lipinski definition) is 3. The highest BCUT2D eigenvalue weighted by atomic mass is 19.4. The number of hydrogen-bond donors (Lipinski definition) is 2. The van der Waals surface area contributed by atoms with E-state index in [4.69, 9.17) is 10.2 Å². The van der Waals surface area contributed by atoms with Crippen LogP contribution in [0.25, 0.3) is 0 Å². The minimum Gasteiger partial charge on any atom is -0.508 e. The summed E-state index contributed by atoms with van der Waals surface area (Å²) < 4.78 is 226. The van der Waals surface area contributed by atoms with Crippen LogP contribution in [-0.4, -0.2) is 51.9 Å². The molecule has 0 unspecified atom stereocenters. The Morgan fingerprint density at radius 3 is 1.26 bits per heavy atom. The van der Waals surface area contributed by atoms with Crippen LogP contribution in [0, 0.1) is 0 Å². The third-order valence-electron chi connectivity index (χ3n) is 3.86. The normalized spacial score (nSPS) is 15.7. The Labute approximate surface area is 180 Å². The van der Waals surface area contributed by atoms with Crippen molar-refractivity contribution in [1.82, 2.24) is 0 Å². The number of benzene rings is 1. The van der Waals surface area contributed by atoms with Crippen molar-refractivity contribution >= 4 is 0 Å². The van der Waals surface area contributed by atoms with E-state index in [1.54, 1.807) is 0 Å². The number of alkyl halides is 15. The monoisotopic (exact) mass is 556 g/mol. The van der Waals surface area contributed by atoms with Gasteiger partial charge < -0.3 is 14.9 Å². The van der Waals surface area contributed by atoms with Gasteiger partial charge >= 0.3 is 47.7 Å². The zero-order chi connectivity index (χ0) is 28.2. The highest BCUT2D eigenvalue weighted by Crippen LogP contribution is 2.63. The maximum absolute atomic E-state index is 13.6. The highest BCUT2D eigenvalue weighted by molar-refractivity contribution is 5.41. The van der Waals surface area contributed by atoms with Gasteiger partial charge in [-0.15, -0.1) is 0 Å². The van der Waals surface area contributed by atoms with Crippen LogP contribution in [0.4, 0.5) is 74.6 Å². The Kier molecular flexibility index (Phi) is 7.24. The van der Waals surface area contributed by atoms with Gasteiger partial charge in [-0.3, -0.25) is 0 Å². The molecule has 0 aliphatic carbocycles. The molecule has 0 amide bonds. The first-order valence-electron chi connectivity index (χ1n) is 7.80. The lowest BCUT2D eigenvalue weighted by molar-refractivity contribution is -0.451. The van der Waals surface area contributed by atoms with Gasteiger partial charge in [0.05, 0.1) is 0 Å². The summed E-state index contributed by atoms with van der Waals surface area (Å²) in [6.07, 6.45) is -7.81. The first kappa shape index (κ1) is 30.2. The predicted molar refractivity (Wildman–Crippen MR) is 75.4 cm³/mol. The van der Waals surface area contributed by atoms with E-state index in [1.165, 1.54) is 0 Å². The molecule has 3 nitrogen and oxygen atoms in total. The van der Waals surface area contributed by atoms with Crippen LogP contribution in [0.1, 0.15) is 0 Å². The predicted octanol–water partition coefficient (Wildman–Crippen LogP) is 6.96. The summed E-state index contributed by atoms with van der Waals surface area (Å²) in [4.78, 5) is 0. The van der Waals surface area contributed by atoms with Crippen LogP contribution in [0.15, 0.2) is 30.0 Å². The van der Waals surface area contributed by atoms with Gasteiger partial charge in [0.1, 0.15) is 17.2 Å². The molecule has 0 fully saturated rings. The van der Waals surface area contributed by atoms with Gasteiger partial charge in [0.15, 0.2) is 0 Å². The summed E-state index contributed by atoms with van der Waals surface area (Å²) in [7, 11) is 0. The van der Waals surface area contributed by atoms with Crippen molar-refractivity contribution in [2.45, 2.75) is 41.7 Å². The van der Waals surface area contributed by atoms with Gasteiger partial charge in [-0.25, -0.2) is 0 Å². The van der Waals surface area contributed by atoms with Crippen LogP contribution in [0.3, 0.4) is 0 Å². The maximum Gasteiger partial charge on any atom is 0.460 e. The third-order valence-corrected chi connectivity index (χ3v) is 3.86. The molecule has 0 radical (unpaired) electrons. The molecule has 2 N–H and O–H groups in total. The van der Waals surface area contributed by atoms with Crippen LogP contribution in [-0.2, 0) is 0 Å². The quantitative estimate of drug-likeness (QED) is 0.269. The number of phenols is 2. The van der Waals surface area contributed by atoms with Gasteiger partial charge in [-0.1, -0.05) is 0 Å². The lowest BCUT2D eigenvalue weighted by Crippen LogP contribution is -2.72. The molecule has 202 valence electrons. The molecule has 0 bridgehead atoms. The van der Waals surface area contributed by atoms with Crippen molar-refractivity contribution < 1.29 is 89.6 Å². The molecule has 0 heterocycles. The summed E-state index contributed by atoms with van der Waals surface area (Å²) in [5, 5.41) is 18.0. The Balaban J connectivity index is 3.61. The van der Waals surface area contributed by atoms with E-state index < -0.39 is 70.8 Å².